The lowest BCUT2D eigenvalue weighted by Gasteiger charge is -2.10. The number of hydrogen-bond donors (Lipinski definition) is 4. The fourth-order valence-electron chi connectivity index (χ4n) is 5.04. The van der Waals surface area contributed by atoms with Crippen molar-refractivity contribution in [1.29, 1.82) is 0 Å². The topological polar surface area (TPSA) is 104 Å². The van der Waals surface area contributed by atoms with E-state index in [4.69, 9.17) is 5.73 Å². The molecule has 0 radical (unpaired) electrons. The van der Waals surface area contributed by atoms with Crippen molar-refractivity contribution in [2.24, 2.45) is 0 Å². The quantitative estimate of drug-likeness (QED) is 0.156. The second-order valence-electron chi connectivity index (χ2n) is 9.43. The number of carbonyl (C=O) groups excluding carboxylic acids is 2. The van der Waals surface area contributed by atoms with E-state index < -0.39 is 0 Å². The van der Waals surface area contributed by atoms with Crippen LogP contribution in [0.2, 0.25) is 0 Å². The third-order valence-electron chi connectivity index (χ3n) is 6.98. The normalized spacial score (nSPS) is 11.2. The highest BCUT2D eigenvalue weighted by atomic mass is 79.9. The molecule has 4 aromatic carbocycles. The number of nitrogen functional groups attached to an aromatic ring is 1. The van der Waals surface area contributed by atoms with E-state index in [-0.39, 0.29) is 28.8 Å². The lowest BCUT2D eigenvalue weighted by atomic mass is 9.94. The molecule has 0 spiro atoms. The Balaban J connectivity index is 1.37. The molecule has 192 valence electrons. The number of fused-ring (bicyclic) bond motifs is 2. The van der Waals surface area contributed by atoms with Crippen molar-refractivity contribution >= 4 is 55.1 Å². The Labute approximate surface area is 233 Å². The molecule has 5 N–H and O–H groups in total. The summed E-state index contributed by atoms with van der Waals surface area (Å²) in [5.41, 5.74) is 10.9. The zero-order chi connectivity index (χ0) is 26.9. The molecule has 1 amide bonds. The van der Waals surface area contributed by atoms with Gasteiger partial charge in [-0.3, -0.25) is 9.59 Å². The van der Waals surface area contributed by atoms with E-state index in [0.29, 0.717) is 24.1 Å². The highest BCUT2D eigenvalue weighted by Crippen LogP contribution is 2.35. The fourth-order valence-corrected chi connectivity index (χ4v) is 5.31. The average Bonchev–Trinajstić information content (AvgIpc) is 3.53. The van der Waals surface area contributed by atoms with Gasteiger partial charge in [0.1, 0.15) is 5.82 Å². The van der Waals surface area contributed by atoms with Crippen LogP contribution in [0.5, 0.6) is 0 Å². The molecular formula is C32H25BrN4O2. The minimum atomic E-state index is -0.332. The summed E-state index contributed by atoms with van der Waals surface area (Å²) in [7, 11) is 0. The summed E-state index contributed by atoms with van der Waals surface area (Å²) in [4.78, 5) is 33.6. The Kier molecular flexibility index (Phi) is 6.50. The summed E-state index contributed by atoms with van der Waals surface area (Å²) in [6.07, 6.45) is 2.62. The number of H-pyrrole nitrogens is 2. The van der Waals surface area contributed by atoms with Crippen LogP contribution in [0.3, 0.4) is 0 Å². The predicted octanol–water partition coefficient (Wildman–Crippen LogP) is 6.86. The monoisotopic (exact) mass is 576 g/mol. The van der Waals surface area contributed by atoms with Crippen LogP contribution in [0.25, 0.3) is 32.8 Å². The summed E-state index contributed by atoms with van der Waals surface area (Å²) < 4.78 is 0.870. The van der Waals surface area contributed by atoms with E-state index in [1.54, 1.807) is 12.1 Å². The molecule has 2 heterocycles. The number of amides is 1. The number of aromatic amines is 2. The van der Waals surface area contributed by atoms with E-state index in [0.717, 1.165) is 37.3 Å². The van der Waals surface area contributed by atoms with E-state index in [9.17, 15) is 9.59 Å². The van der Waals surface area contributed by atoms with Crippen LogP contribution in [0.15, 0.2) is 102 Å². The number of carbonyl (C=O) groups is 2. The first-order chi connectivity index (χ1) is 19.0. The van der Waals surface area contributed by atoms with Gasteiger partial charge in [-0.25, -0.2) is 0 Å². The molecule has 6 nitrogen and oxygen atoms in total. The number of benzene rings is 4. The highest BCUT2D eigenvalue weighted by Gasteiger charge is 2.27. The molecule has 7 heteroatoms. The Morgan fingerprint density at radius 1 is 0.872 bits per heavy atom. The Morgan fingerprint density at radius 3 is 2.44 bits per heavy atom. The van der Waals surface area contributed by atoms with E-state index in [1.165, 1.54) is 0 Å². The SMILES string of the molecule is Nc1[nH]c(C(=O)c2ccc(Br)cc2)c(-c2ccc3ccccc3c2)c1C(=O)NCCc1c[nH]c2ccccc12. The second-order valence-corrected chi connectivity index (χ2v) is 10.3. The third kappa shape index (κ3) is 4.73. The number of ketones is 1. The van der Waals surface area contributed by atoms with Crippen molar-refractivity contribution in [3.8, 4) is 11.1 Å². The molecule has 39 heavy (non-hydrogen) atoms. The first kappa shape index (κ1) is 24.7. The summed E-state index contributed by atoms with van der Waals surface area (Å²) in [5.74, 6) is -0.417. The van der Waals surface area contributed by atoms with Gasteiger partial charge in [0.15, 0.2) is 0 Å². The standard InChI is InChI=1S/C32H25BrN4O2/c33-24-13-11-20(12-14-24)30(38)29-27(22-10-9-19-5-1-2-6-21(19)17-22)28(31(34)37-29)32(39)35-16-15-23-18-36-26-8-4-3-7-25(23)26/h1-14,17-18,36-37H,15-16,34H2,(H,35,39). The summed E-state index contributed by atoms with van der Waals surface area (Å²) in [5, 5.41) is 6.22. The van der Waals surface area contributed by atoms with Crippen molar-refractivity contribution in [1.82, 2.24) is 15.3 Å². The third-order valence-corrected chi connectivity index (χ3v) is 7.51. The largest absolute Gasteiger partial charge is 0.385 e. The number of rotatable bonds is 7. The number of nitrogens with two attached hydrogens (primary N) is 1. The van der Waals surface area contributed by atoms with Gasteiger partial charge in [0.2, 0.25) is 5.78 Å². The van der Waals surface area contributed by atoms with Crippen molar-refractivity contribution in [3.05, 3.63) is 124 Å². The van der Waals surface area contributed by atoms with E-state index in [1.807, 2.05) is 79.0 Å². The molecule has 0 aliphatic rings. The van der Waals surface area contributed by atoms with Crippen molar-refractivity contribution in [3.63, 3.8) is 0 Å². The second kappa shape index (κ2) is 10.3. The van der Waals surface area contributed by atoms with Crippen LogP contribution in [0.4, 0.5) is 5.82 Å². The maximum Gasteiger partial charge on any atom is 0.255 e. The zero-order valence-corrected chi connectivity index (χ0v) is 22.5. The molecule has 2 aromatic heterocycles. The van der Waals surface area contributed by atoms with E-state index >= 15 is 0 Å². The van der Waals surface area contributed by atoms with Gasteiger partial charge in [-0.1, -0.05) is 70.5 Å². The highest BCUT2D eigenvalue weighted by molar-refractivity contribution is 9.10. The van der Waals surface area contributed by atoms with Gasteiger partial charge in [-0.2, -0.15) is 0 Å². The Bertz CT molecular complexity index is 1850. The van der Waals surface area contributed by atoms with Gasteiger partial charge >= 0.3 is 0 Å². The summed E-state index contributed by atoms with van der Waals surface area (Å²) >= 11 is 3.42. The molecule has 0 bridgehead atoms. The van der Waals surface area contributed by atoms with Crippen LogP contribution in [0, 0.1) is 0 Å². The van der Waals surface area contributed by atoms with E-state index in [2.05, 4.69) is 37.3 Å². The van der Waals surface area contributed by atoms with Gasteiger partial charge in [0.25, 0.3) is 5.91 Å². The zero-order valence-electron chi connectivity index (χ0n) is 20.9. The minimum absolute atomic E-state index is 0.156. The van der Waals surface area contributed by atoms with Gasteiger partial charge in [-0.15, -0.1) is 0 Å². The van der Waals surface area contributed by atoms with Gasteiger partial charge < -0.3 is 21.0 Å². The van der Waals surface area contributed by atoms with Crippen LogP contribution in [-0.4, -0.2) is 28.2 Å². The summed E-state index contributed by atoms with van der Waals surface area (Å²) in [6.45, 7) is 0.415. The van der Waals surface area contributed by atoms with Gasteiger partial charge in [-0.05, 0) is 64.7 Å². The molecule has 6 rings (SSSR count). The molecule has 0 saturated heterocycles. The van der Waals surface area contributed by atoms with Crippen molar-refractivity contribution in [2.45, 2.75) is 6.42 Å². The Hall–Kier alpha value is -4.62. The number of nitrogens with one attached hydrogen (secondary N) is 3. The maximum atomic E-state index is 13.7. The lowest BCUT2D eigenvalue weighted by Crippen LogP contribution is -2.26. The van der Waals surface area contributed by atoms with Crippen LogP contribution in [0.1, 0.15) is 32.0 Å². The van der Waals surface area contributed by atoms with Gasteiger partial charge in [0, 0.05) is 39.2 Å². The van der Waals surface area contributed by atoms with Crippen LogP contribution < -0.4 is 11.1 Å². The molecule has 0 saturated carbocycles. The number of aromatic nitrogens is 2. The average molecular weight is 577 g/mol. The van der Waals surface area contributed by atoms with Gasteiger partial charge in [0.05, 0.1) is 11.3 Å². The maximum absolute atomic E-state index is 13.7. The molecule has 0 aliphatic carbocycles. The molecule has 0 atom stereocenters. The molecule has 6 aromatic rings. The smallest absolute Gasteiger partial charge is 0.255 e. The first-order valence-corrected chi connectivity index (χ1v) is 13.4. The number of hydrogen-bond acceptors (Lipinski definition) is 3. The van der Waals surface area contributed by atoms with Crippen molar-refractivity contribution in [2.75, 3.05) is 12.3 Å². The van der Waals surface area contributed by atoms with Crippen molar-refractivity contribution < 1.29 is 9.59 Å². The lowest BCUT2D eigenvalue weighted by molar-refractivity contribution is 0.0955. The van der Waals surface area contributed by atoms with Crippen LogP contribution >= 0.6 is 15.9 Å². The molecule has 0 unspecified atom stereocenters. The Morgan fingerprint density at radius 2 is 1.62 bits per heavy atom. The molecule has 0 aliphatic heterocycles. The first-order valence-electron chi connectivity index (χ1n) is 12.6. The number of halogens is 1. The molecule has 0 fully saturated rings. The van der Waals surface area contributed by atoms with Crippen LogP contribution in [-0.2, 0) is 6.42 Å². The predicted molar refractivity (Wildman–Crippen MR) is 160 cm³/mol. The fraction of sp³-hybridized carbons (Fsp3) is 0.0625. The number of anilines is 1. The molecular weight excluding hydrogens is 552 g/mol. The summed E-state index contributed by atoms with van der Waals surface area (Å²) in [6, 6.07) is 29.1. The number of para-hydroxylation sites is 1. The minimum Gasteiger partial charge on any atom is -0.385 e.